The summed E-state index contributed by atoms with van der Waals surface area (Å²) in [7, 11) is 2.26. The lowest BCUT2D eigenvalue weighted by Crippen LogP contribution is -2.72. The fourth-order valence-corrected chi connectivity index (χ4v) is 8.30. The Kier molecular flexibility index (Phi) is 6.80. The van der Waals surface area contributed by atoms with Gasteiger partial charge >= 0.3 is 0 Å². The number of nitrogens with zero attached hydrogens (tertiary/aromatic N) is 4. The van der Waals surface area contributed by atoms with Gasteiger partial charge in [0.2, 0.25) is 11.8 Å². The summed E-state index contributed by atoms with van der Waals surface area (Å²) in [6.45, 7) is 3.16. The van der Waals surface area contributed by atoms with Crippen molar-refractivity contribution in [2.24, 2.45) is 5.92 Å². The van der Waals surface area contributed by atoms with Crippen molar-refractivity contribution in [3.63, 3.8) is 0 Å². The molecule has 42 heavy (non-hydrogen) atoms. The van der Waals surface area contributed by atoms with Gasteiger partial charge in [0.15, 0.2) is 0 Å². The summed E-state index contributed by atoms with van der Waals surface area (Å²) in [4.78, 5) is 31.3. The highest BCUT2D eigenvalue weighted by Crippen LogP contribution is 2.53. The molecule has 11 heteroatoms. The summed E-state index contributed by atoms with van der Waals surface area (Å²) in [5.74, 6) is -0.00567. The fourth-order valence-electron chi connectivity index (χ4n) is 8.30. The molecular formula is C31H44N8O3. The summed E-state index contributed by atoms with van der Waals surface area (Å²) in [5, 5.41) is 19.0. The van der Waals surface area contributed by atoms with Gasteiger partial charge in [-0.3, -0.25) is 35.4 Å². The summed E-state index contributed by atoms with van der Waals surface area (Å²) in [6.07, 6.45) is 11.9. The number of hydrogen-bond acceptors (Lipinski definition) is 9. The number of nitrogens with one attached hydrogen (secondary N) is 4. The summed E-state index contributed by atoms with van der Waals surface area (Å²) >= 11 is 0. The normalized spacial score (nSPS) is 37.2. The fraction of sp³-hybridized carbons (Fsp3) is 0.677. The Morgan fingerprint density at radius 3 is 2.83 bits per heavy atom. The van der Waals surface area contributed by atoms with Crippen LogP contribution in [0.4, 0.5) is 5.69 Å². The minimum absolute atomic E-state index is 0.0158. The summed E-state index contributed by atoms with van der Waals surface area (Å²) in [6, 6.07) is 6.84. The number of morpholine rings is 1. The van der Waals surface area contributed by atoms with E-state index in [9.17, 15) is 9.59 Å². The van der Waals surface area contributed by atoms with Gasteiger partial charge in [-0.25, -0.2) is 0 Å². The molecule has 0 aromatic heterocycles. The van der Waals surface area contributed by atoms with E-state index in [1.54, 1.807) is 0 Å². The molecule has 1 spiro atoms. The van der Waals surface area contributed by atoms with Crippen molar-refractivity contribution in [1.82, 2.24) is 35.8 Å². The van der Waals surface area contributed by atoms with Crippen molar-refractivity contribution in [2.45, 2.75) is 87.8 Å². The van der Waals surface area contributed by atoms with Crippen LogP contribution in [0.5, 0.6) is 0 Å². The summed E-state index contributed by atoms with van der Waals surface area (Å²) in [5.41, 5.74) is 4.26. The number of piperidine rings is 1. The van der Waals surface area contributed by atoms with Gasteiger partial charge in [-0.1, -0.05) is 18.2 Å². The van der Waals surface area contributed by atoms with E-state index in [0.29, 0.717) is 13.1 Å². The molecule has 1 aliphatic carbocycles. The molecule has 7 aliphatic rings. The first-order chi connectivity index (χ1) is 20.5. The van der Waals surface area contributed by atoms with Crippen molar-refractivity contribution in [3.8, 4) is 0 Å². The Morgan fingerprint density at radius 1 is 1.05 bits per heavy atom. The first-order valence-corrected chi connectivity index (χ1v) is 16.0. The lowest BCUT2D eigenvalue weighted by atomic mass is 9.90. The molecule has 6 aliphatic heterocycles. The number of hydrogen-bond donors (Lipinski definition) is 4. The molecule has 2 amide bonds. The predicted molar refractivity (Wildman–Crippen MR) is 157 cm³/mol. The zero-order valence-corrected chi connectivity index (χ0v) is 24.6. The average Bonchev–Trinajstić information content (AvgIpc) is 3.75. The number of ether oxygens (including phenoxy) is 1. The Bertz CT molecular complexity index is 1270. The number of benzene rings is 1. The van der Waals surface area contributed by atoms with Crippen molar-refractivity contribution in [3.05, 3.63) is 41.5 Å². The number of likely N-dealkylation sites (N-methyl/N-ethyl adjacent to an activating group) is 1. The van der Waals surface area contributed by atoms with Gasteiger partial charge in [0.25, 0.3) is 0 Å². The Balaban J connectivity index is 1.05. The lowest BCUT2D eigenvalue weighted by Gasteiger charge is -2.50. The van der Waals surface area contributed by atoms with E-state index in [-0.39, 0.29) is 60.8 Å². The molecule has 6 heterocycles. The zero-order chi connectivity index (χ0) is 28.4. The number of anilines is 1. The van der Waals surface area contributed by atoms with Crippen LogP contribution in [0.2, 0.25) is 0 Å². The number of fused-ring (bicyclic) bond motifs is 7. The third-order valence-corrected chi connectivity index (χ3v) is 10.8. The van der Waals surface area contributed by atoms with E-state index in [2.05, 4.69) is 68.6 Å². The van der Waals surface area contributed by atoms with E-state index < -0.39 is 0 Å². The Morgan fingerprint density at radius 2 is 1.95 bits per heavy atom. The number of carbonyl (C=O) groups excluding carboxylic acids is 2. The maximum absolute atomic E-state index is 13.8. The smallest absolute Gasteiger partial charge is 0.249 e. The van der Waals surface area contributed by atoms with Crippen molar-refractivity contribution < 1.29 is 14.3 Å². The second-order valence-electron chi connectivity index (χ2n) is 13.2. The monoisotopic (exact) mass is 576 g/mol. The van der Waals surface area contributed by atoms with E-state index in [4.69, 9.17) is 4.74 Å². The maximum Gasteiger partial charge on any atom is 0.249 e. The van der Waals surface area contributed by atoms with Crippen LogP contribution in [0.1, 0.15) is 56.1 Å². The minimum atomic E-state index is -0.198. The molecule has 226 valence electrons. The first-order valence-electron chi connectivity index (χ1n) is 16.0. The van der Waals surface area contributed by atoms with Crippen LogP contribution in [0.3, 0.4) is 0 Å². The molecule has 6 unspecified atom stereocenters. The third kappa shape index (κ3) is 4.48. The van der Waals surface area contributed by atoms with Gasteiger partial charge < -0.3 is 15.0 Å². The quantitative estimate of drug-likeness (QED) is 0.385. The highest BCUT2D eigenvalue weighted by Gasteiger charge is 2.54. The van der Waals surface area contributed by atoms with Gasteiger partial charge in [-0.05, 0) is 81.7 Å². The number of amides is 2. The summed E-state index contributed by atoms with van der Waals surface area (Å²) < 4.78 is 5.98. The predicted octanol–water partition coefficient (Wildman–Crippen LogP) is 1.06. The molecule has 6 atom stereocenters. The Hall–Kier alpha value is -2.54. The van der Waals surface area contributed by atoms with E-state index >= 15 is 0 Å². The standard InChI is InChI=1S/C31H44N8O3/c1-36-16-11-20-7-8-21(17-23(20)31(36)12-13-31)33-30-32-18-22-27(35-30)39-25-10-9-24-28(34-25)37(26(40)19-42-24)14-5-3-2-4-6-15-38(39)29(22)41/h4,6-8,17,22,24-25,27-28,30,32-35H,2-3,5,9-16,18-19H2,1H3/b6-4-. The van der Waals surface area contributed by atoms with Crippen molar-refractivity contribution in [1.29, 1.82) is 0 Å². The number of rotatable bonds is 2. The van der Waals surface area contributed by atoms with E-state index in [0.717, 1.165) is 57.3 Å². The highest BCUT2D eigenvalue weighted by atomic mass is 16.5. The second-order valence-corrected chi connectivity index (χ2v) is 13.2. The van der Waals surface area contributed by atoms with E-state index in [1.807, 2.05) is 9.91 Å². The molecule has 4 N–H and O–H groups in total. The minimum Gasteiger partial charge on any atom is -0.365 e. The van der Waals surface area contributed by atoms with E-state index in [1.165, 1.54) is 24.0 Å². The Labute approximate surface area is 247 Å². The molecule has 4 saturated heterocycles. The molecule has 1 aromatic carbocycles. The van der Waals surface area contributed by atoms with Gasteiger partial charge in [-0.15, -0.1) is 0 Å². The van der Waals surface area contributed by atoms with Crippen LogP contribution in [-0.4, -0.2) is 102 Å². The van der Waals surface area contributed by atoms with Crippen LogP contribution < -0.4 is 21.3 Å². The molecule has 1 saturated carbocycles. The molecule has 0 radical (unpaired) electrons. The van der Waals surface area contributed by atoms with Crippen LogP contribution >= 0.6 is 0 Å². The molecule has 2 bridgehead atoms. The molecular weight excluding hydrogens is 532 g/mol. The number of carbonyl (C=O) groups is 2. The topological polar surface area (TPSA) is 104 Å². The molecule has 1 aromatic rings. The highest BCUT2D eigenvalue weighted by molar-refractivity contribution is 5.82. The maximum atomic E-state index is 13.8. The van der Waals surface area contributed by atoms with Gasteiger partial charge in [0.1, 0.15) is 19.1 Å². The molecule has 5 fully saturated rings. The number of allylic oxidation sites excluding steroid dienone is 1. The first kappa shape index (κ1) is 27.0. The van der Waals surface area contributed by atoms with Crippen LogP contribution in [-0.2, 0) is 26.3 Å². The van der Waals surface area contributed by atoms with Crippen LogP contribution in [0.25, 0.3) is 0 Å². The van der Waals surface area contributed by atoms with Crippen LogP contribution in [0.15, 0.2) is 30.4 Å². The third-order valence-electron chi connectivity index (χ3n) is 10.8. The second kappa shape index (κ2) is 10.6. The van der Waals surface area contributed by atoms with Gasteiger partial charge in [0, 0.05) is 30.9 Å². The zero-order valence-electron chi connectivity index (χ0n) is 24.6. The lowest BCUT2D eigenvalue weighted by molar-refractivity contribution is -0.176. The molecule has 8 rings (SSSR count). The van der Waals surface area contributed by atoms with Crippen molar-refractivity contribution >= 4 is 17.5 Å². The van der Waals surface area contributed by atoms with Crippen LogP contribution in [0, 0.1) is 5.92 Å². The van der Waals surface area contributed by atoms with Crippen molar-refractivity contribution in [2.75, 3.05) is 45.2 Å². The van der Waals surface area contributed by atoms with Gasteiger partial charge in [0.05, 0.1) is 30.9 Å². The number of hydrazine groups is 1. The SMILES string of the molecule is CN1CCc2ccc(NC3NCC4C(=O)N5C/C=C\CCCCN6C(=O)COC7CCC(NC76)N5C4N3)cc2C12CC2. The van der Waals surface area contributed by atoms with Gasteiger partial charge in [-0.2, -0.15) is 5.01 Å². The molecule has 11 nitrogen and oxygen atoms in total. The largest absolute Gasteiger partial charge is 0.365 e. The average molecular weight is 577 g/mol.